The van der Waals surface area contributed by atoms with Crippen LogP contribution in [0.5, 0.6) is 0 Å². The first-order chi connectivity index (χ1) is 11.1. The van der Waals surface area contributed by atoms with Crippen LogP contribution in [0, 0.1) is 6.92 Å². The molecule has 0 amide bonds. The van der Waals surface area contributed by atoms with Crippen molar-refractivity contribution in [1.29, 1.82) is 0 Å². The van der Waals surface area contributed by atoms with Gasteiger partial charge in [0.05, 0.1) is 5.69 Å². The topological polar surface area (TPSA) is 49.6 Å². The Morgan fingerprint density at radius 3 is 2.78 bits per heavy atom. The zero-order valence-electron chi connectivity index (χ0n) is 13.8. The normalized spacial score (nSPS) is 27.0. The van der Waals surface area contributed by atoms with Crippen LogP contribution in [0.1, 0.15) is 36.9 Å². The van der Waals surface area contributed by atoms with Gasteiger partial charge in [-0.15, -0.1) is 0 Å². The Labute approximate surface area is 136 Å². The molecule has 4 heterocycles. The van der Waals surface area contributed by atoms with E-state index in [1.54, 1.807) is 10.5 Å². The van der Waals surface area contributed by atoms with Gasteiger partial charge >= 0.3 is 0 Å². The molecule has 0 saturated carbocycles. The van der Waals surface area contributed by atoms with Crippen LogP contribution in [0.15, 0.2) is 29.2 Å². The quantitative estimate of drug-likeness (QED) is 0.937. The highest BCUT2D eigenvalue weighted by molar-refractivity contribution is 5.39. The van der Waals surface area contributed by atoms with E-state index in [2.05, 4.69) is 22.2 Å². The van der Waals surface area contributed by atoms with Crippen LogP contribution in [0.25, 0.3) is 5.65 Å². The third-order valence-corrected chi connectivity index (χ3v) is 5.34. The standard InChI is InChI=1S/C18H24N4O/c1-12-3-6-17-20-15(9-18(23)22(17)10-12)11-21(2)16-7-13-4-5-14(8-16)19-13/h3,6,9-10,13-14,16,19H,4-5,7-8,11H2,1-2H3. The van der Waals surface area contributed by atoms with Crippen LogP contribution in [0.2, 0.25) is 0 Å². The maximum Gasteiger partial charge on any atom is 0.258 e. The molecule has 2 unspecified atom stereocenters. The van der Waals surface area contributed by atoms with Crippen molar-refractivity contribution in [3.05, 3.63) is 46.0 Å². The number of aryl methyl sites for hydroxylation is 1. The van der Waals surface area contributed by atoms with E-state index in [0.29, 0.717) is 18.1 Å². The number of pyridine rings is 1. The summed E-state index contributed by atoms with van der Waals surface area (Å²) in [6, 6.07) is 7.55. The molecular formula is C18H24N4O. The van der Waals surface area contributed by atoms with Crippen molar-refractivity contribution in [2.75, 3.05) is 7.05 Å². The minimum atomic E-state index is 0.00693. The predicted molar refractivity (Wildman–Crippen MR) is 90.6 cm³/mol. The van der Waals surface area contributed by atoms with Gasteiger partial charge in [-0.05, 0) is 51.3 Å². The molecule has 2 saturated heterocycles. The maximum absolute atomic E-state index is 12.3. The van der Waals surface area contributed by atoms with Crippen molar-refractivity contribution < 1.29 is 0 Å². The summed E-state index contributed by atoms with van der Waals surface area (Å²) in [5.74, 6) is 0. The molecule has 2 atom stereocenters. The third-order valence-electron chi connectivity index (χ3n) is 5.34. The second-order valence-corrected chi connectivity index (χ2v) is 7.20. The molecule has 1 N–H and O–H groups in total. The number of nitrogens with zero attached hydrogens (tertiary/aromatic N) is 3. The fourth-order valence-corrected chi connectivity index (χ4v) is 4.11. The molecule has 2 bridgehead atoms. The first-order valence-electron chi connectivity index (χ1n) is 8.54. The lowest BCUT2D eigenvalue weighted by Gasteiger charge is -2.35. The van der Waals surface area contributed by atoms with Gasteiger partial charge in [0, 0.05) is 36.9 Å². The van der Waals surface area contributed by atoms with Crippen LogP contribution < -0.4 is 10.9 Å². The summed E-state index contributed by atoms with van der Waals surface area (Å²) in [6.07, 6.45) is 6.88. The molecular weight excluding hydrogens is 288 g/mol. The molecule has 0 aromatic carbocycles. The number of hydrogen-bond donors (Lipinski definition) is 1. The zero-order chi connectivity index (χ0) is 16.0. The number of rotatable bonds is 3. The number of aromatic nitrogens is 2. The highest BCUT2D eigenvalue weighted by atomic mass is 16.1. The van der Waals surface area contributed by atoms with Gasteiger partial charge in [-0.2, -0.15) is 0 Å². The molecule has 2 fully saturated rings. The minimum absolute atomic E-state index is 0.00693. The third kappa shape index (κ3) is 2.91. The largest absolute Gasteiger partial charge is 0.311 e. The van der Waals surface area contributed by atoms with Gasteiger partial charge in [-0.25, -0.2) is 4.98 Å². The lowest BCUT2D eigenvalue weighted by atomic mass is 9.98. The van der Waals surface area contributed by atoms with Crippen molar-refractivity contribution in [3.63, 3.8) is 0 Å². The van der Waals surface area contributed by atoms with Crippen LogP contribution in [-0.4, -0.2) is 39.5 Å². The zero-order valence-corrected chi connectivity index (χ0v) is 13.8. The molecule has 0 aliphatic carbocycles. The summed E-state index contributed by atoms with van der Waals surface area (Å²) in [5, 5.41) is 3.68. The van der Waals surface area contributed by atoms with E-state index in [-0.39, 0.29) is 5.56 Å². The molecule has 0 radical (unpaired) electrons. The summed E-state index contributed by atoms with van der Waals surface area (Å²) >= 11 is 0. The van der Waals surface area contributed by atoms with Gasteiger partial charge in [0.15, 0.2) is 0 Å². The molecule has 4 rings (SSSR count). The summed E-state index contributed by atoms with van der Waals surface area (Å²) in [6.45, 7) is 2.72. The lowest BCUT2D eigenvalue weighted by molar-refractivity contribution is 0.164. The van der Waals surface area contributed by atoms with E-state index < -0.39 is 0 Å². The van der Waals surface area contributed by atoms with E-state index in [1.807, 2.05) is 25.3 Å². The first kappa shape index (κ1) is 14.8. The smallest absolute Gasteiger partial charge is 0.258 e. The Bertz CT molecular complexity index is 772. The van der Waals surface area contributed by atoms with Crippen molar-refractivity contribution >= 4 is 5.65 Å². The Kier molecular flexibility index (Phi) is 3.70. The molecule has 122 valence electrons. The Balaban J connectivity index is 1.55. The maximum atomic E-state index is 12.3. The molecule has 2 aromatic heterocycles. The van der Waals surface area contributed by atoms with Gasteiger partial charge in [0.1, 0.15) is 5.65 Å². The number of hydrogen-bond acceptors (Lipinski definition) is 4. The molecule has 5 nitrogen and oxygen atoms in total. The average molecular weight is 312 g/mol. The van der Waals surface area contributed by atoms with E-state index in [1.165, 1.54) is 25.7 Å². The van der Waals surface area contributed by atoms with Crippen LogP contribution >= 0.6 is 0 Å². The summed E-state index contributed by atoms with van der Waals surface area (Å²) in [4.78, 5) is 19.4. The van der Waals surface area contributed by atoms with E-state index in [4.69, 9.17) is 0 Å². The van der Waals surface area contributed by atoms with Gasteiger partial charge in [-0.1, -0.05) is 6.07 Å². The lowest BCUT2D eigenvalue weighted by Crippen LogP contribution is -2.46. The Morgan fingerprint density at radius 2 is 2.04 bits per heavy atom. The number of nitrogens with one attached hydrogen (secondary N) is 1. The molecule has 0 spiro atoms. The number of piperidine rings is 1. The average Bonchev–Trinajstić information content (AvgIpc) is 2.86. The van der Waals surface area contributed by atoms with Crippen molar-refractivity contribution in [2.24, 2.45) is 0 Å². The summed E-state index contributed by atoms with van der Waals surface area (Å²) < 4.78 is 1.63. The van der Waals surface area contributed by atoms with Crippen LogP contribution in [-0.2, 0) is 6.54 Å². The van der Waals surface area contributed by atoms with Crippen LogP contribution in [0.4, 0.5) is 0 Å². The van der Waals surface area contributed by atoms with Crippen LogP contribution in [0.3, 0.4) is 0 Å². The monoisotopic (exact) mass is 312 g/mol. The van der Waals surface area contributed by atoms with Gasteiger partial charge in [0.2, 0.25) is 0 Å². The molecule has 2 aliphatic heterocycles. The number of fused-ring (bicyclic) bond motifs is 3. The SMILES string of the molecule is Cc1ccc2nc(CN(C)C3CC4CCC(C3)N4)cc(=O)n2c1. The Hall–Kier alpha value is -1.72. The Morgan fingerprint density at radius 1 is 1.30 bits per heavy atom. The summed E-state index contributed by atoms with van der Waals surface area (Å²) in [7, 11) is 2.16. The van der Waals surface area contributed by atoms with Gasteiger partial charge in [0.25, 0.3) is 5.56 Å². The predicted octanol–water partition coefficient (Wildman–Crippen LogP) is 1.72. The van der Waals surface area contributed by atoms with E-state index in [9.17, 15) is 4.79 Å². The highest BCUT2D eigenvalue weighted by Crippen LogP contribution is 2.29. The van der Waals surface area contributed by atoms with Crippen molar-refractivity contribution in [2.45, 2.75) is 57.3 Å². The minimum Gasteiger partial charge on any atom is -0.311 e. The van der Waals surface area contributed by atoms with Crippen molar-refractivity contribution in [3.8, 4) is 0 Å². The van der Waals surface area contributed by atoms with Gasteiger partial charge in [-0.3, -0.25) is 14.1 Å². The highest BCUT2D eigenvalue weighted by Gasteiger charge is 2.35. The molecule has 5 heteroatoms. The van der Waals surface area contributed by atoms with E-state index in [0.717, 1.165) is 23.4 Å². The molecule has 2 aromatic rings. The van der Waals surface area contributed by atoms with E-state index >= 15 is 0 Å². The second-order valence-electron chi connectivity index (χ2n) is 7.20. The molecule has 2 aliphatic rings. The second kappa shape index (κ2) is 5.73. The van der Waals surface area contributed by atoms with Crippen molar-refractivity contribution in [1.82, 2.24) is 19.6 Å². The van der Waals surface area contributed by atoms with Gasteiger partial charge < -0.3 is 5.32 Å². The first-order valence-corrected chi connectivity index (χ1v) is 8.54. The fourth-order valence-electron chi connectivity index (χ4n) is 4.11. The molecule has 23 heavy (non-hydrogen) atoms. The fraction of sp³-hybridized carbons (Fsp3) is 0.556. The summed E-state index contributed by atoms with van der Waals surface area (Å²) in [5.41, 5.74) is 2.67.